The third kappa shape index (κ3) is 1.93. The second-order valence-corrected chi connectivity index (χ2v) is 8.21. The summed E-state index contributed by atoms with van der Waals surface area (Å²) in [5, 5.41) is 9.68. The third-order valence-corrected chi connectivity index (χ3v) is 7.21. The van der Waals surface area contributed by atoms with Crippen LogP contribution in [0.15, 0.2) is 18.2 Å². The molecule has 0 spiro atoms. The average Bonchev–Trinajstić information content (AvgIpc) is 2.59. The summed E-state index contributed by atoms with van der Waals surface area (Å²) in [7, 11) is -1.68. The van der Waals surface area contributed by atoms with Gasteiger partial charge in [0.2, 0.25) is 0 Å². The molecule has 3 rings (SSSR count). The van der Waals surface area contributed by atoms with Gasteiger partial charge in [-0.3, -0.25) is 0 Å². The molecule has 2 unspecified atom stereocenters. The van der Waals surface area contributed by atoms with Crippen LogP contribution in [-0.4, -0.2) is 31.1 Å². The Morgan fingerprint density at radius 3 is 2.45 bits per heavy atom. The van der Waals surface area contributed by atoms with E-state index in [9.17, 15) is 17.9 Å². The molecule has 2 bridgehead atoms. The number of halogens is 1. The Bertz CT molecular complexity index is 621. The zero-order valence-corrected chi connectivity index (χ0v) is 12.0. The van der Waals surface area contributed by atoms with Crippen LogP contribution in [0.1, 0.15) is 31.2 Å². The molecular formula is C14H17FO4S. The summed E-state index contributed by atoms with van der Waals surface area (Å²) in [6, 6.07) is 4.19. The zero-order valence-electron chi connectivity index (χ0n) is 11.2. The fraction of sp³-hybridized carbons (Fsp3) is 0.571. The molecule has 0 radical (unpaired) electrons. The van der Waals surface area contributed by atoms with E-state index in [1.807, 2.05) is 0 Å². The summed E-state index contributed by atoms with van der Waals surface area (Å²) < 4.78 is 43.2. The molecule has 2 saturated heterocycles. The van der Waals surface area contributed by atoms with Gasteiger partial charge in [0.05, 0.1) is 23.2 Å². The fourth-order valence-corrected chi connectivity index (χ4v) is 5.94. The molecule has 2 aliphatic rings. The summed E-state index contributed by atoms with van der Waals surface area (Å²) >= 11 is 0. The van der Waals surface area contributed by atoms with Gasteiger partial charge in [-0.25, -0.2) is 12.8 Å². The zero-order chi connectivity index (χ0) is 14.5. The third-order valence-electron chi connectivity index (χ3n) is 4.55. The molecule has 6 heteroatoms. The van der Waals surface area contributed by atoms with Gasteiger partial charge >= 0.3 is 0 Å². The number of hydrogen-bond acceptors (Lipinski definition) is 4. The number of benzene rings is 1. The van der Waals surface area contributed by atoms with E-state index in [0.717, 1.165) is 0 Å². The largest absolute Gasteiger partial charge is 0.497 e. The van der Waals surface area contributed by atoms with E-state index in [-0.39, 0.29) is 18.4 Å². The molecule has 2 aliphatic heterocycles. The molecule has 20 heavy (non-hydrogen) atoms. The Balaban J connectivity index is 2.03. The standard InChI is InChI=1S/C14H17FO4S/c1-19-9-2-5-13(15)12(6-9)14(16)7-10-3-4-11(8-14)20(10,17)18/h2,5-6,10-11,16H,3-4,7-8H2,1H3. The summed E-state index contributed by atoms with van der Waals surface area (Å²) in [6.07, 6.45) is 1.24. The Kier molecular flexibility index (Phi) is 3.06. The predicted octanol–water partition coefficient (Wildman–Crippen LogP) is 1.76. The lowest BCUT2D eigenvalue weighted by molar-refractivity contribution is 0.0137. The molecule has 1 aromatic rings. The smallest absolute Gasteiger partial charge is 0.156 e. The number of sulfone groups is 1. The van der Waals surface area contributed by atoms with E-state index in [1.54, 1.807) is 0 Å². The highest BCUT2D eigenvalue weighted by atomic mass is 32.2. The minimum Gasteiger partial charge on any atom is -0.497 e. The lowest BCUT2D eigenvalue weighted by Crippen LogP contribution is -2.43. The second-order valence-electron chi connectivity index (χ2n) is 5.70. The van der Waals surface area contributed by atoms with Gasteiger partial charge in [0, 0.05) is 5.56 Å². The van der Waals surface area contributed by atoms with Crippen LogP contribution in [0.2, 0.25) is 0 Å². The highest BCUT2D eigenvalue weighted by Gasteiger charge is 2.53. The number of hydrogen-bond donors (Lipinski definition) is 1. The van der Waals surface area contributed by atoms with Gasteiger partial charge in [0.25, 0.3) is 0 Å². The molecule has 1 aromatic carbocycles. The van der Waals surface area contributed by atoms with Crippen molar-refractivity contribution in [1.29, 1.82) is 0 Å². The molecule has 0 aromatic heterocycles. The van der Waals surface area contributed by atoms with Gasteiger partial charge < -0.3 is 9.84 Å². The van der Waals surface area contributed by atoms with Crippen molar-refractivity contribution in [2.45, 2.75) is 41.8 Å². The first-order chi connectivity index (χ1) is 9.37. The molecule has 4 nitrogen and oxygen atoms in total. The maximum Gasteiger partial charge on any atom is 0.156 e. The summed E-state index contributed by atoms with van der Waals surface area (Å²) in [5.41, 5.74) is -1.28. The Hall–Kier alpha value is -1.14. The highest BCUT2D eigenvalue weighted by molar-refractivity contribution is 7.93. The van der Waals surface area contributed by atoms with E-state index in [1.165, 1.54) is 25.3 Å². The van der Waals surface area contributed by atoms with Crippen molar-refractivity contribution >= 4 is 9.84 Å². The second kappa shape index (κ2) is 4.43. The number of fused-ring (bicyclic) bond motifs is 2. The highest BCUT2D eigenvalue weighted by Crippen LogP contribution is 2.48. The Morgan fingerprint density at radius 1 is 1.30 bits per heavy atom. The van der Waals surface area contributed by atoms with E-state index in [0.29, 0.717) is 18.6 Å². The van der Waals surface area contributed by atoms with Crippen LogP contribution in [0.25, 0.3) is 0 Å². The molecule has 2 atom stereocenters. The van der Waals surface area contributed by atoms with Gasteiger partial charge in [-0.15, -0.1) is 0 Å². The monoisotopic (exact) mass is 300 g/mol. The van der Waals surface area contributed by atoms with Crippen molar-refractivity contribution < 1.29 is 22.7 Å². The van der Waals surface area contributed by atoms with Crippen LogP contribution in [0, 0.1) is 5.82 Å². The topological polar surface area (TPSA) is 63.6 Å². The first-order valence-electron chi connectivity index (χ1n) is 6.66. The molecule has 2 fully saturated rings. The molecular weight excluding hydrogens is 283 g/mol. The summed E-state index contributed by atoms with van der Waals surface area (Å²) in [4.78, 5) is 0. The maximum atomic E-state index is 14.0. The molecule has 1 N–H and O–H groups in total. The van der Waals surface area contributed by atoms with E-state index >= 15 is 0 Å². The van der Waals surface area contributed by atoms with Crippen molar-refractivity contribution in [3.63, 3.8) is 0 Å². The van der Waals surface area contributed by atoms with Crippen molar-refractivity contribution in [3.8, 4) is 5.75 Å². The molecule has 110 valence electrons. The summed E-state index contributed by atoms with van der Waals surface area (Å²) in [6.45, 7) is 0. The van der Waals surface area contributed by atoms with Crippen molar-refractivity contribution in [2.24, 2.45) is 0 Å². The number of rotatable bonds is 2. The van der Waals surface area contributed by atoms with Gasteiger partial charge in [-0.05, 0) is 43.9 Å². The molecule has 0 aliphatic carbocycles. The fourth-order valence-electron chi connectivity index (χ4n) is 3.45. The normalized spacial score (nSPS) is 35.0. The van der Waals surface area contributed by atoms with Gasteiger partial charge in [-0.1, -0.05) is 0 Å². The Morgan fingerprint density at radius 2 is 1.90 bits per heavy atom. The van der Waals surface area contributed by atoms with Crippen LogP contribution in [-0.2, 0) is 15.4 Å². The lowest BCUT2D eigenvalue weighted by atomic mass is 9.85. The molecule has 0 amide bonds. The van der Waals surface area contributed by atoms with Crippen molar-refractivity contribution in [3.05, 3.63) is 29.6 Å². The van der Waals surface area contributed by atoms with E-state index in [4.69, 9.17) is 4.74 Å². The van der Waals surface area contributed by atoms with Crippen LogP contribution in [0.3, 0.4) is 0 Å². The SMILES string of the molecule is COc1ccc(F)c(C2(O)CC3CCC(C2)S3(=O)=O)c1. The molecule has 2 heterocycles. The predicted molar refractivity (Wildman–Crippen MR) is 71.8 cm³/mol. The number of aliphatic hydroxyl groups is 1. The first kappa shape index (κ1) is 13.8. The quantitative estimate of drug-likeness (QED) is 0.904. The Labute approximate surface area is 117 Å². The van der Waals surface area contributed by atoms with E-state index < -0.39 is 31.8 Å². The minimum absolute atomic E-state index is 0.0654. The summed E-state index contributed by atoms with van der Waals surface area (Å²) in [5.74, 6) is -0.0670. The van der Waals surface area contributed by atoms with Gasteiger partial charge in [0.1, 0.15) is 11.6 Å². The average molecular weight is 300 g/mol. The van der Waals surface area contributed by atoms with Crippen LogP contribution >= 0.6 is 0 Å². The lowest BCUT2D eigenvalue weighted by Gasteiger charge is -2.36. The van der Waals surface area contributed by atoms with Crippen LogP contribution in [0.5, 0.6) is 5.75 Å². The number of methoxy groups -OCH3 is 1. The first-order valence-corrected chi connectivity index (χ1v) is 8.27. The maximum absolute atomic E-state index is 14.0. The molecule has 0 saturated carbocycles. The van der Waals surface area contributed by atoms with Crippen LogP contribution in [0.4, 0.5) is 4.39 Å². The van der Waals surface area contributed by atoms with E-state index in [2.05, 4.69) is 0 Å². The van der Waals surface area contributed by atoms with Crippen molar-refractivity contribution in [2.75, 3.05) is 7.11 Å². The van der Waals surface area contributed by atoms with Crippen LogP contribution < -0.4 is 4.74 Å². The van der Waals surface area contributed by atoms with Crippen molar-refractivity contribution in [1.82, 2.24) is 0 Å². The number of ether oxygens (including phenoxy) is 1. The van der Waals surface area contributed by atoms with Gasteiger partial charge in [-0.2, -0.15) is 0 Å². The minimum atomic E-state index is -3.15. The van der Waals surface area contributed by atoms with Gasteiger partial charge in [0.15, 0.2) is 9.84 Å².